The van der Waals surface area contributed by atoms with Gasteiger partial charge in [-0.2, -0.15) is 0 Å². The van der Waals surface area contributed by atoms with Crippen LogP contribution in [0.15, 0.2) is 36.4 Å². The molecular weight excluding hydrogens is 425 g/mol. The van der Waals surface area contributed by atoms with Crippen molar-refractivity contribution in [3.8, 4) is 0 Å². The van der Waals surface area contributed by atoms with Crippen LogP contribution in [-0.4, -0.2) is 43.0 Å². The number of hydrogen-bond acceptors (Lipinski definition) is 4. The number of rotatable bonds is 6. The predicted octanol–water partition coefficient (Wildman–Crippen LogP) is 5.86. The van der Waals surface area contributed by atoms with Crippen molar-refractivity contribution in [2.24, 2.45) is 0 Å². The van der Waals surface area contributed by atoms with Gasteiger partial charge < -0.3 is 4.90 Å². The molecule has 0 aliphatic rings. The topological polar surface area (TPSA) is 36.4 Å². The molecule has 0 aliphatic carbocycles. The highest BCUT2D eigenvalue weighted by molar-refractivity contribution is 7.22. The number of aromatic nitrogens is 1. The minimum atomic E-state index is -0.187. The van der Waals surface area contributed by atoms with Gasteiger partial charge in [-0.1, -0.05) is 52.2 Å². The summed E-state index contributed by atoms with van der Waals surface area (Å²) in [7, 11) is 4.00. The second-order valence-corrected chi connectivity index (χ2v) is 8.64. The summed E-state index contributed by atoms with van der Waals surface area (Å²) in [4.78, 5) is 21.6. The second-order valence-electron chi connectivity index (χ2n) is 6.35. The number of carbonyl (C=O) groups excluding carboxylic acids is 1. The molecule has 0 N–H and O–H groups in total. The Morgan fingerprint density at radius 2 is 1.78 bits per heavy atom. The van der Waals surface area contributed by atoms with E-state index in [1.807, 2.05) is 26.2 Å². The van der Waals surface area contributed by atoms with Gasteiger partial charge in [-0.3, -0.25) is 9.69 Å². The maximum absolute atomic E-state index is 13.2. The largest absolute Gasteiger partial charge is 0.309 e. The number of hydrogen-bond donors (Lipinski definition) is 0. The SMILES string of the molecule is CN(C)CCCN(C(=O)c1cc(Cl)cc(Cl)c1)c1nc2c(Cl)cccc2s1. The van der Waals surface area contributed by atoms with Gasteiger partial charge in [-0.25, -0.2) is 4.98 Å². The molecular formula is C19H18Cl3N3OS. The molecule has 2 aromatic carbocycles. The lowest BCUT2D eigenvalue weighted by Gasteiger charge is -2.21. The number of benzene rings is 2. The fourth-order valence-electron chi connectivity index (χ4n) is 2.68. The minimum absolute atomic E-state index is 0.187. The van der Waals surface area contributed by atoms with E-state index in [1.165, 1.54) is 11.3 Å². The third-order valence-corrected chi connectivity index (χ3v) is 5.72. The lowest BCUT2D eigenvalue weighted by atomic mass is 10.2. The molecule has 3 aromatic rings. The van der Waals surface area contributed by atoms with E-state index in [9.17, 15) is 4.79 Å². The predicted molar refractivity (Wildman–Crippen MR) is 116 cm³/mol. The lowest BCUT2D eigenvalue weighted by Crippen LogP contribution is -2.33. The Morgan fingerprint density at radius 1 is 1.07 bits per heavy atom. The van der Waals surface area contributed by atoms with Gasteiger partial charge in [0.25, 0.3) is 5.91 Å². The Kier molecular flexibility index (Phi) is 6.61. The summed E-state index contributed by atoms with van der Waals surface area (Å²) in [5, 5.41) is 2.03. The third kappa shape index (κ3) is 4.92. The van der Waals surface area contributed by atoms with Crippen LogP contribution in [-0.2, 0) is 0 Å². The first-order valence-corrected chi connectivity index (χ1v) is 10.3. The number of carbonyl (C=O) groups is 1. The Morgan fingerprint density at radius 3 is 2.41 bits per heavy atom. The molecule has 0 unspecified atom stereocenters. The van der Waals surface area contributed by atoms with Crippen molar-refractivity contribution in [1.29, 1.82) is 0 Å². The van der Waals surface area contributed by atoms with Crippen molar-refractivity contribution in [1.82, 2.24) is 9.88 Å². The number of nitrogens with zero attached hydrogens (tertiary/aromatic N) is 3. The van der Waals surface area contributed by atoms with Crippen LogP contribution in [0.5, 0.6) is 0 Å². The fraction of sp³-hybridized carbons (Fsp3) is 0.263. The van der Waals surface area contributed by atoms with E-state index >= 15 is 0 Å². The fourth-order valence-corrected chi connectivity index (χ4v) is 4.50. The van der Waals surface area contributed by atoms with E-state index in [2.05, 4.69) is 9.88 Å². The van der Waals surface area contributed by atoms with Gasteiger partial charge in [0, 0.05) is 22.2 Å². The van der Waals surface area contributed by atoms with Gasteiger partial charge in [0.2, 0.25) is 0 Å². The van der Waals surface area contributed by atoms with Crippen LogP contribution < -0.4 is 4.90 Å². The number of anilines is 1. The quantitative estimate of drug-likeness (QED) is 0.480. The summed E-state index contributed by atoms with van der Waals surface area (Å²) in [5.41, 5.74) is 1.14. The third-order valence-electron chi connectivity index (χ3n) is 3.93. The second kappa shape index (κ2) is 8.76. The summed E-state index contributed by atoms with van der Waals surface area (Å²) in [5.74, 6) is -0.187. The number of halogens is 3. The highest BCUT2D eigenvalue weighted by Crippen LogP contribution is 2.34. The molecule has 1 heterocycles. The Bertz CT molecular complexity index is 954. The first-order chi connectivity index (χ1) is 12.8. The monoisotopic (exact) mass is 441 g/mol. The van der Waals surface area contributed by atoms with E-state index in [-0.39, 0.29) is 5.91 Å². The molecule has 1 amide bonds. The molecule has 142 valence electrons. The van der Waals surface area contributed by atoms with Gasteiger partial charge in [-0.15, -0.1) is 0 Å². The number of thiazole rings is 1. The Balaban J connectivity index is 1.98. The standard InChI is InChI=1S/C19H18Cl3N3OS/c1-24(2)7-4-8-25(18(26)12-9-13(20)11-14(21)10-12)19-23-17-15(22)5-3-6-16(17)27-19/h3,5-6,9-11H,4,7-8H2,1-2H3. The Labute approximate surface area is 177 Å². The van der Waals surface area contributed by atoms with Gasteiger partial charge in [0.1, 0.15) is 5.52 Å². The maximum Gasteiger partial charge on any atom is 0.260 e. The van der Waals surface area contributed by atoms with Crippen molar-refractivity contribution in [3.63, 3.8) is 0 Å². The minimum Gasteiger partial charge on any atom is -0.309 e. The summed E-state index contributed by atoms with van der Waals surface area (Å²) in [6, 6.07) is 10.5. The van der Waals surface area contributed by atoms with E-state index in [0.29, 0.717) is 37.8 Å². The molecule has 0 saturated carbocycles. The van der Waals surface area contributed by atoms with Crippen molar-refractivity contribution >= 4 is 67.4 Å². The highest BCUT2D eigenvalue weighted by Gasteiger charge is 2.22. The van der Waals surface area contributed by atoms with Crippen LogP contribution in [0, 0.1) is 0 Å². The van der Waals surface area contributed by atoms with Gasteiger partial charge in [0.05, 0.1) is 9.72 Å². The average molecular weight is 443 g/mol. The summed E-state index contributed by atoms with van der Waals surface area (Å²) in [6.07, 6.45) is 0.802. The number of fused-ring (bicyclic) bond motifs is 1. The van der Waals surface area contributed by atoms with Gasteiger partial charge >= 0.3 is 0 Å². The zero-order valence-corrected chi connectivity index (χ0v) is 18.0. The normalized spacial score (nSPS) is 11.3. The molecule has 27 heavy (non-hydrogen) atoms. The van der Waals surface area contributed by atoms with E-state index in [4.69, 9.17) is 34.8 Å². The van der Waals surface area contributed by atoms with E-state index < -0.39 is 0 Å². The molecule has 1 aromatic heterocycles. The van der Waals surface area contributed by atoms with Crippen LogP contribution >= 0.6 is 46.1 Å². The average Bonchev–Trinajstić information content (AvgIpc) is 3.02. The van der Waals surface area contributed by atoms with Gasteiger partial charge in [-0.05, 0) is 57.4 Å². The Hall–Kier alpha value is -1.37. The van der Waals surface area contributed by atoms with E-state index in [1.54, 1.807) is 29.2 Å². The van der Waals surface area contributed by atoms with Crippen LogP contribution in [0.4, 0.5) is 5.13 Å². The molecule has 0 radical (unpaired) electrons. The summed E-state index contributed by atoms with van der Waals surface area (Å²) in [6.45, 7) is 1.38. The first-order valence-electron chi connectivity index (χ1n) is 8.33. The van der Waals surface area contributed by atoms with Crippen molar-refractivity contribution in [2.45, 2.75) is 6.42 Å². The number of amides is 1. The van der Waals surface area contributed by atoms with Crippen molar-refractivity contribution < 1.29 is 4.79 Å². The number of para-hydroxylation sites is 1. The molecule has 0 aliphatic heterocycles. The molecule has 0 atom stereocenters. The van der Waals surface area contributed by atoms with Gasteiger partial charge in [0.15, 0.2) is 5.13 Å². The van der Waals surface area contributed by atoms with Crippen LogP contribution in [0.25, 0.3) is 10.2 Å². The highest BCUT2D eigenvalue weighted by atomic mass is 35.5. The lowest BCUT2D eigenvalue weighted by molar-refractivity contribution is 0.0986. The first kappa shape index (κ1) is 20.4. The zero-order chi connectivity index (χ0) is 19.6. The van der Waals surface area contributed by atoms with Crippen molar-refractivity contribution in [2.75, 3.05) is 32.1 Å². The van der Waals surface area contributed by atoms with Crippen LogP contribution in [0.2, 0.25) is 15.1 Å². The van der Waals surface area contributed by atoms with Crippen molar-refractivity contribution in [3.05, 3.63) is 57.0 Å². The molecule has 3 rings (SSSR count). The zero-order valence-electron chi connectivity index (χ0n) is 14.9. The van der Waals surface area contributed by atoms with E-state index in [0.717, 1.165) is 17.7 Å². The summed E-state index contributed by atoms with van der Waals surface area (Å²) >= 11 is 19.9. The van der Waals surface area contributed by atoms with Crippen LogP contribution in [0.1, 0.15) is 16.8 Å². The molecule has 4 nitrogen and oxygen atoms in total. The smallest absolute Gasteiger partial charge is 0.260 e. The summed E-state index contributed by atoms with van der Waals surface area (Å²) < 4.78 is 0.937. The van der Waals surface area contributed by atoms with Crippen LogP contribution in [0.3, 0.4) is 0 Å². The maximum atomic E-state index is 13.2. The molecule has 0 fully saturated rings. The molecule has 0 saturated heterocycles. The molecule has 0 bridgehead atoms. The molecule has 8 heteroatoms. The molecule has 0 spiro atoms.